The van der Waals surface area contributed by atoms with Crippen LogP contribution in [0.1, 0.15) is 23.5 Å². The Kier molecular flexibility index (Phi) is 5.36. The molecule has 1 heterocycles. The van der Waals surface area contributed by atoms with Gasteiger partial charge in [0.1, 0.15) is 0 Å². The zero-order chi connectivity index (χ0) is 13.9. The fraction of sp³-hybridized carbons (Fsp3) is 0.545. The first-order chi connectivity index (χ1) is 8.19. The molecule has 0 aliphatic rings. The topological polar surface area (TPSA) is 20.3 Å². The molecule has 1 rings (SSSR count). The Morgan fingerprint density at radius 3 is 2.44 bits per heavy atom. The first-order valence-electron chi connectivity index (χ1n) is 5.28. The van der Waals surface area contributed by atoms with Crippen molar-refractivity contribution in [2.75, 3.05) is 13.1 Å². The molecule has 0 saturated carbocycles. The van der Waals surface area contributed by atoms with Gasteiger partial charge in [0.25, 0.3) is 0 Å². The number of hydrogen-bond donors (Lipinski definition) is 0. The van der Waals surface area contributed by atoms with Crippen molar-refractivity contribution in [3.63, 3.8) is 0 Å². The van der Waals surface area contributed by atoms with Crippen molar-refractivity contribution in [2.45, 2.75) is 26.1 Å². The average molecular weight is 344 g/mol. The second-order valence-corrected chi connectivity index (χ2v) is 6.60. The van der Waals surface area contributed by atoms with E-state index in [0.29, 0.717) is 4.88 Å². The zero-order valence-corrected chi connectivity index (χ0v) is 12.3. The maximum atomic E-state index is 12.4. The fourth-order valence-electron chi connectivity index (χ4n) is 1.38. The Labute approximate surface area is 116 Å². The number of hydrogen-bond acceptors (Lipinski definition) is 3. The second kappa shape index (κ2) is 6.16. The van der Waals surface area contributed by atoms with Crippen LogP contribution in [0.4, 0.5) is 13.2 Å². The summed E-state index contributed by atoms with van der Waals surface area (Å²) in [5, 5.41) is 0. The van der Waals surface area contributed by atoms with Crippen molar-refractivity contribution in [3.8, 4) is 0 Å². The minimum absolute atomic E-state index is 0.218. The van der Waals surface area contributed by atoms with Gasteiger partial charge in [0.15, 0.2) is 5.78 Å². The Morgan fingerprint density at radius 1 is 1.44 bits per heavy atom. The molecule has 0 radical (unpaired) electrons. The lowest BCUT2D eigenvalue weighted by atomic mass is 10.2. The van der Waals surface area contributed by atoms with Gasteiger partial charge in [-0.1, -0.05) is 0 Å². The predicted molar refractivity (Wildman–Crippen MR) is 69.1 cm³/mol. The van der Waals surface area contributed by atoms with E-state index in [2.05, 4.69) is 15.9 Å². The molecule has 0 N–H and O–H groups in total. The molecule has 18 heavy (non-hydrogen) atoms. The first kappa shape index (κ1) is 15.7. The molecule has 0 fully saturated rings. The van der Waals surface area contributed by atoms with Crippen LogP contribution < -0.4 is 0 Å². The lowest BCUT2D eigenvalue weighted by molar-refractivity contribution is -0.148. The molecule has 0 spiro atoms. The van der Waals surface area contributed by atoms with Crippen LogP contribution >= 0.6 is 27.3 Å². The minimum atomic E-state index is -4.29. The number of alkyl halides is 3. The van der Waals surface area contributed by atoms with E-state index in [9.17, 15) is 18.0 Å². The second-order valence-electron chi connectivity index (χ2n) is 4.14. The maximum Gasteiger partial charge on any atom is 0.401 e. The molecule has 102 valence electrons. The average Bonchev–Trinajstić information content (AvgIpc) is 2.61. The number of nitrogens with zero attached hydrogens (tertiary/aromatic N) is 1. The largest absolute Gasteiger partial charge is 0.401 e. The van der Waals surface area contributed by atoms with Crippen LogP contribution in [-0.4, -0.2) is 36.0 Å². The highest BCUT2D eigenvalue weighted by Gasteiger charge is 2.32. The van der Waals surface area contributed by atoms with E-state index >= 15 is 0 Å². The van der Waals surface area contributed by atoms with Gasteiger partial charge in [0, 0.05) is 6.04 Å². The maximum absolute atomic E-state index is 12.4. The number of carbonyl (C=O) groups is 1. The Bertz CT molecular complexity index is 417. The van der Waals surface area contributed by atoms with E-state index < -0.39 is 12.7 Å². The lowest BCUT2D eigenvalue weighted by Gasteiger charge is -2.26. The van der Waals surface area contributed by atoms with Gasteiger partial charge < -0.3 is 0 Å². The highest BCUT2D eigenvalue weighted by atomic mass is 79.9. The summed E-state index contributed by atoms with van der Waals surface area (Å²) >= 11 is 4.44. The van der Waals surface area contributed by atoms with Crippen LogP contribution in [0.5, 0.6) is 0 Å². The van der Waals surface area contributed by atoms with Gasteiger partial charge in [-0.15, -0.1) is 11.3 Å². The molecule has 7 heteroatoms. The molecule has 2 nitrogen and oxygen atoms in total. The number of halogens is 4. The summed E-state index contributed by atoms with van der Waals surface area (Å²) in [4.78, 5) is 13.4. The number of Topliss-reactive ketones (excluding diaryl/α,β-unsaturated/α-hetero) is 1. The summed E-state index contributed by atoms with van der Waals surface area (Å²) in [5.74, 6) is -0.288. The summed E-state index contributed by atoms with van der Waals surface area (Å²) in [7, 11) is 0. The smallest absolute Gasteiger partial charge is 0.292 e. The van der Waals surface area contributed by atoms with Crippen LogP contribution in [0.2, 0.25) is 0 Å². The van der Waals surface area contributed by atoms with E-state index in [1.807, 2.05) is 0 Å². The van der Waals surface area contributed by atoms with Gasteiger partial charge in [-0.2, -0.15) is 13.2 Å². The van der Waals surface area contributed by atoms with E-state index in [0.717, 1.165) is 8.69 Å². The SMILES string of the molecule is CC(C)N(CC(=O)c1ccc(Br)s1)CC(F)(F)F. The van der Waals surface area contributed by atoms with Crippen LogP contribution in [0.25, 0.3) is 0 Å². The van der Waals surface area contributed by atoms with Crippen molar-refractivity contribution in [3.05, 3.63) is 20.8 Å². The first-order valence-corrected chi connectivity index (χ1v) is 6.89. The minimum Gasteiger partial charge on any atom is -0.292 e. The third-order valence-electron chi connectivity index (χ3n) is 2.31. The normalized spacial score (nSPS) is 12.4. The van der Waals surface area contributed by atoms with E-state index in [4.69, 9.17) is 0 Å². The van der Waals surface area contributed by atoms with Gasteiger partial charge >= 0.3 is 6.18 Å². The molecule has 0 aliphatic carbocycles. The van der Waals surface area contributed by atoms with Gasteiger partial charge in [-0.3, -0.25) is 9.69 Å². The summed E-state index contributed by atoms with van der Waals surface area (Å²) < 4.78 is 37.9. The summed E-state index contributed by atoms with van der Waals surface area (Å²) in [6.07, 6.45) is -4.29. The summed E-state index contributed by atoms with van der Waals surface area (Å²) in [6.45, 7) is 2.00. The molecule has 0 amide bonds. The third-order valence-corrected chi connectivity index (χ3v) is 3.97. The summed E-state index contributed by atoms with van der Waals surface area (Å²) in [5.41, 5.74) is 0. The van der Waals surface area contributed by atoms with Gasteiger partial charge in [-0.25, -0.2) is 0 Å². The highest BCUT2D eigenvalue weighted by Crippen LogP contribution is 2.23. The van der Waals surface area contributed by atoms with Crippen LogP contribution in [-0.2, 0) is 0 Å². The number of carbonyl (C=O) groups excluding carboxylic acids is 1. The Hall–Kier alpha value is -0.400. The third kappa shape index (κ3) is 5.07. The van der Waals surface area contributed by atoms with Crippen molar-refractivity contribution >= 4 is 33.0 Å². The van der Waals surface area contributed by atoms with Crippen molar-refractivity contribution in [1.29, 1.82) is 0 Å². The van der Waals surface area contributed by atoms with Gasteiger partial charge in [-0.05, 0) is 41.9 Å². The number of rotatable bonds is 5. The number of thiophene rings is 1. The molecule has 1 aromatic rings. The molecular weight excluding hydrogens is 331 g/mol. The van der Waals surface area contributed by atoms with E-state index in [-0.39, 0.29) is 18.4 Å². The Balaban J connectivity index is 2.69. The van der Waals surface area contributed by atoms with Crippen molar-refractivity contribution < 1.29 is 18.0 Å². The van der Waals surface area contributed by atoms with Crippen LogP contribution in [0.3, 0.4) is 0 Å². The fourth-order valence-corrected chi connectivity index (χ4v) is 2.69. The quantitative estimate of drug-likeness (QED) is 0.754. The van der Waals surface area contributed by atoms with Gasteiger partial charge in [0.2, 0.25) is 0 Å². The molecular formula is C11H13BrF3NOS. The molecule has 1 aromatic heterocycles. The number of ketones is 1. The Morgan fingerprint density at radius 2 is 2.06 bits per heavy atom. The van der Waals surface area contributed by atoms with Crippen molar-refractivity contribution in [2.24, 2.45) is 0 Å². The molecule has 0 unspecified atom stereocenters. The van der Waals surface area contributed by atoms with Crippen molar-refractivity contribution in [1.82, 2.24) is 4.90 Å². The van der Waals surface area contributed by atoms with Crippen LogP contribution in [0, 0.1) is 0 Å². The van der Waals surface area contributed by atoms with E-state index in [1.165, 1.54) is 11.3 Å². The zero-order valence-electron chi connectivity index (χ0n) is 9.92. The molecule has 0 aliphatic heterocycles. The van der Waals surface area contributed by atoms with Crippen LogP contribution in [0.15, 0.2) is 15.9 Å². The molecule has 0 saturated heterocycles. The lowest BCUT2D eigenvalue weighted by Crippen LogP contribution is -2.42. The van der Waals surface area contributed by atoms with E-state index in [1.54, 1.807) is 26.0 Å². The predicted octanol–water partition coefficient (Wildman–Crippen LogP) is 3.97. The standard InChI is InChI=1S/C11H13BrF3NOS/c1-7(2)16(6-11(13,14)15)5-8(17)9-3-4-10(12)18-9/h3-4,7H,5-6H2,1-2H3. The highest BCUT2D eigenvalue weighted by molar-refractivity contribution is 9.11. The van der Waals surface area contributed by atoms with Gasteiger partial charge in [0.05, 0.1) is 21.8 Å². The summed E-state index contributed by atoms with van der Waals surface area (Å²) in [6, 6.07) is 2.99. The molecule has 0 atom stereocenters. The monoisotopic (exact) mass is 343 g/mol. The molecule has 0 bridgehead atoms. The molecule has 0 aromatic carbocycles.